The topological polar surface area (TPSA) is 42.7 Å². The highest BCUT2D eigenvalue weighted by molar-refractivity contribution is 5.85. The van der Waals surface area contributed by atoms with E-state index in [9.17, 15) is 4.39 Å². The highest BCUT2D eigenvalue weighted by Crippen LogP contribution is 2.19. The van der Waals surface area contributed by atoms with E-state index >= 15 is 0 Å². The van der Waals surface area contributed by atoms with Gasteiger partial charge in [0.05, 0.1) is 18.7 Å². The monoisotopic (exact) mass is 254 g/mol. The van der Waals surface area contributed by atoms with Crippen LogP contribution in [0.2, 0.25) is 0 Å². The first-order valence-corrected chi connectivity index (χ1v) is 5.24. The number of hydrogen-bond acceptors (Lipinski definition) is 3. The van der Waals surface area contributed by atoms with Crippen molar-refractivity contribution >= 4 is 12.4 Å². The van der Waals surface area contributed by atoms with Crippen molar-refractivity contribution in [3.8, 4) is 11.4 Å². The number of benzene rings is 1. The van der Waals surface area contributed by atoms with Crippen molar-refractivity contribution in [2.45, 2.75) is 13.1 Å². The predicted molar refractivity (Wildman–Crippen MR) is 64.4 cm³/mol. The molecule has 0 amide bonds. The average Bonchev–Trinajstić information content (AvgIpc) is 2.73. The van der Waals surface area contributed by atoms with Gasteiger partial charge in [0.1, 0.15) is 11.6 Å². The molecule has 0 saturated heterocycles. The van der Waals surface area contributed by atoms with E-state index < -0.39 is 0 Å². The Balaban J connectivity index is 0.00000108. The van der Waals surface area contributed by atoms with Gasteiger partial charge in [-0.25, -0.2) is 14.1 Å². The summed E-state index contributed by atoms with van der Waals surface area (Å²) in [5.74, 6) is 1.06. The Hall–Kier alpha value is -1.46. The van der Waals surface area contributed by atoms with Crippen LogP contribution < -0.4 is 5.32 Å². The number of nitrogens with zero attached hydrogens (tertiary/aromatic N) is 3. The van der Waals surface area contributed by atoms with Gasteiger partial charge in [0.2, 0.25) is 0 Å². The summed E-state index contributed by atoms with van der Waals surface area (Å²) in [7, 11) is 0. The van der Waals surface area contributed by atoms with Crippen molar-refractivity contribution in [1.82, 2.24) is 20.1 Å². The normalized spacial score (nSPS) is 13.9. The second kappa shape index (κ2) is 4.81. The lowest BCUT2D eigenvalue weighted by Crippen LogP contribution is -2.28. The minimum Gasteiger partial charge on any atom is -0.308 e. The van der Waals surface area contributed by atoms with Gasteiger partial charge >= 0.3 is 0 Å². The Morgan fingerprint density at radius 2 is 2.12 bits per heavy atom. The lowest BCUT2D eigenvalue weighted by molar-refractivity contribution is 0.468. The van der Waals surface area contributed by atoms with Gasteiger partial charge in [0.15, 0.2) is 5.82 Å². The Kier molecular flexibility index (Phi) is 3.40. The molecule has 0 saturated carbocycles. The number of rotatable bonds is 1. The van der Waals surface area contributed by atoms with Gasteiger partial charge in [-0.2, -0.15) is 5.10 Å². The molecule has 2 heterocycles. The van der Waals surface area contributed by atoms with Crippen LogP contribution in [0.3, 0.4) is 0 Å². The maximum absolute atomic E-state index is 13.5. The summed E-state index contributed by atoms with van der Waals surface area (Å²) in [5.41, 5.74) is 0.462. The van der Waals surface area contributed by atoms with Crippen molar-refractivity contribution in [3.05, 3.63) is 35.9 Å². The quantitative estimate of drug-likeness (QED) is 0.841. The summed E-state index contributed by atoms with van der Waals surface area (Å²) < 4.78 is 15.4. The zero-order chi connectivity index (χ0) is 11.0. The van der Waals surface area contributed by atoms with Gasteiger partial charge < -0.3 is 5.32 Å². The van der Waals surface area contributed by atoms with Crippen molar-refractivity contribution in [2.75, 3.05) is 6.54 Å². The molecular weight excluding hydrogens is 243 g/mol. The van der Waals surface area contributed by atoms with Crippen molar-refractivity contribution < 1.29 is 4.39 Å². The second-order valence-corrected chi connectivity index (χ2v) is 3.73. The Bertz CT molecular complexity index is 502. The van der Waals surface area contributed by atoms with Crippen LogP contribution in [0.4, 0.5) is 4.39 Å². The molecule has 1 aromatic heterocycles. The molecule has 0 fully saturated rings. The third-order valence-electron chi connectivity index (χ3n) is 2.65. The first-order valence-electron chi connectivity index (χ1n) is 5.24. The Morgan fingerprint density at radius 1 is 1.29 bits per heavy atom. The zero-order valence-electron chi connectivity index (χ0n) is 9.06. The molecule has 0 unspecified atom stereocenters. The average molecular weight is 255 g/mol. The van der Waals surface area contributed by atoms with E-state index in [1.165, 1.54) is 6.07 Å². The van der Waals surface area contributed by atoms with Gasteiger partial charge in [-0.05, 0) is 12.1 Å². The summed E-state index contributed by atoms with van der Waals surface area (Å²) in [5, 5.41) is 7.51. The van der Waals surface area contributed by atoms with E-state index in [0.29, 0.717) is 17.9 Å². The predicted octanol–water partition coefficient (Wildman–Crippen LogP) is 1.61. The minimum absolute atomic E-state index is 0. The lowest BCUT2D eigenvalue weighted by Gasteiger charge is -2.11. The highest BCUT2D eigenvalue weighted by Gasteiger charge is 2.16. The van der Waals surface area contributed by atoms with E-state index in [1.807, 2.05) is 4.68 Å². The molecule has 17 heavy (non-hydrogen) atoms. The fraction of sp³-hybridized carbons (Fsp3) is 0.273. The molecule has 90 valence electrons. The Morgan fingerprint density at radius 3 is 2.88 bits per heavy atom. The SMILES string of the molecule is Cl.Fc1ccccc1-c1nc2n(n1)CCNC2. The fourth-order valence-electron chi connectivity index (χ4n) is 1.83. The molecule has 0 atom stereocenters. The van der Waals surface area contributed by atoms with Gasteiger partial charge in [0.25, 0.3) is 0 Å². The molecule has 6 heteroatoms. The summed E-state index contributed by atoms with van der Waals surface area (Å²) in [6.07, 6.45) is 0. The van der Waals surface area contributed by atoms with Crippen molar-refractivity contribution in [1.29, 1.82) is 0 Å². The first-order chi connectivity index (χ1) is 7.84. The molecule has 0 spiro atoms. The van der Waals surface area contributed by atoms with Crippen LogP contribution in [-0.2, 0) is 13.1 Å². The molecule has 4 nitrogen and oxygen atoms in total. The summed E-state index contributed by atoms with van der Waals surface area (Å²) in [6.45, 7) is 2.37. The third kappa shape index (κ3) is 2.16. The number of halogens is 2. The second-order valence-electron chi connectivity index (χ2n) is 3.73. The standard InChI is InChI=1S/C11H11FN4.ClH/c12-9-4-2-1-3-8(9)11-14-10-7-13-5-6-16(10)15-11;/h1-4,13H,5-7H2;1H. The summed E-state index contributed by atoms with van der Waals surface area (Å²) >= 11 is 0. The lowest BCUT2D eigenvalue weighted by atomic mass is 10.2. The third-order valence-corrected chi connectivity index (χ3v) is 2.65. The van der Waals surface area contributed by atoms with Crippen LogP contribution in [-0.4, -0.2) is 21.3 Å². The summed E-state index contributed by atoms with van der Waals surface area (Å²) in [4.78, 5) is 4.33. The molecule has 3 rings (SSSR count). The molecule has 1 aliphatic heterocycles. The maximum Gasteiger partial charge on any atom is 0.184 e. The largest absolute Gasteiger partial charge is 0.308 e. The highest BCUT2D eigenvalue weighted by atomic mass is 35.5. The molecular formula is C11H12ClFN4. The number of fused-ring (bicyclic) bond motifs is 1. The number of aromatic nitrogens is 3. The summed E-state index contributed by atoms with van der Waals surface area (Å²) in [6, 6.07) is 6.57. The fourth-order valence-corrected chi connectivity index (χ4v) is 1.83. The van der Waals surface area contributed by atoms with Crippen LogP contribution in [0.15, 0.2) is 24.3 Å². The van der Waals surface area contributed by atoms with E-state index in [0.717, 1.165) is 18.9 Å². The maximum atomic E-state index is 13.5. The van der Waals surface area contributed by atoms with Gasteiger partial charge in [-0.15, -0.1) is 12.4 Å². The van der Waals surface area contributed by atoms with Crippen LogP contribution in [0, 0.1) is 5.82 Å². The number of nitrogens with one attached hydrogen (secondary N) is 1. The van der Waals surface area contributed by atoms with Gasteiger partial charge in [0, 0.05) is 6.54 Å². The molecule has 2 aromatic rings. The van der Waals surface area contributed by atoms with E-state index in [2.05, 4.69) is 15.4 Å². The molecule has 0 aliphatic carbocycles. The first kappa shape index (κ1) is 12.0. The molecule has 1 N–H and O–H groups in total. The van der Waals surface area contributed by atoms with Gasteiger partial charge in [-0.1, -0.05) is 12.1 Å². The smallest absolute Gasteiger partial charge is 0.184 e. The van der Waals surface area contributed by atoms with E-state index in [-0.39, 0.29) is 18.2 Å². The molecule has 0 bridgehead atoms. The van der Waals surface area contributed by atoms with E-state index in [1.54, 1.807) is 18.2 Å². The molecule has 1 aromatic carbocycles. The zero-order valence-corrected chi connectivity index (χ0v) is 9.88. The Labute approximate surface area is 104 Å². The van der Waals surface area contributed by atoms with Crippen LogP contribution in [0.5, 0.6) is 0 Å². The number of hydrogen-bond donors (Lipinski definition) is 1. The van der Waals surface area contributed by atoms with Crippen molar-refractivity contribution in [2.24, 2.45) is 0 Å². The van der Waals surface area contributed by atoms with Gasteiger partial charge in [-0.3, -0.25) is 0 Å². The van der Waals surface area contributed by atoms with E-state index in [4.69, 9.17) is 0 Å². The van der Waals surface area contributed by atoms with Crippen LogP contribution in [0.25, 0.3) is 11.4 Å². The van der Waals surface area contributed by atoms with Crippen molar-refractivity contribution in [3.63, 3.8) is 0 Å². The van der Waals surface area contributed by atoms with Crippen LogP contribution >= 0.6 is 12.4 Å². The molecule has 0 radical (unpaired) electrons. The minimum atomic E-state index is -0.279. The van der Waals surface area contributed by atoms with Crippen LogP contribution in [0.1, 0.15) is 5.82 Å². The molecule has 1 aliphatic rings.